The molecule has 0 aliphatic heterocycles. The van der Waals surface area contributed by atoms with Crippen LogP contribution in [0.2, 0.25) is 0 Å². The minimum absolute atomic E-state index is 0.155. The third-order valence-electron chi connectivity index (χ3n) is 2.54. The molecule has 0 spiro atoms. The van der Waals surface area contributed by atoms with E-state index in [-0.39, 0.29) is 6.54 Å². The fourth-order valence-corrected chi connectivity index (χ4v) is 1.55. The first-order valence-corrected chi connectivity index (χ1v) is 6.26. The van der Waals surface area contributed by atoms with Gasteiger partial charge in [-0.2, -0.15) is 0 Å². The summed E-state index contributed by atoms with van der Waals surface area (Å²) in [7, 11) is 1.47. The number of ether oxygens (including phenoxy) is 1. The van der Waals surface area contributed by atoms with Crippen LogP contribution in [0.25, 0.3) is 0 Å². The molecular weight excluding hydrogens is 274 g/mol. The molecule has 0 aliphatic carbocycles. The number of anilines is 1. The van der Waals surface area contributed by atoms with Crippen LogP contribution >= 0.6 is 0 Å². The summed E-state index contributed by atoms with van der Waals surface area (Å²) in [6, 6.07) is 10.2. The minimum atomic E-state index is -0.618. The van der Waals surface area contributed by atoms with Crippen LogP contribution in [0.5, 0.6) is 5.75 Å². The van der Waals surface area contributed by atoms with Crippen LogP contribution in [-0.2, 0) is 4.79 Å². The summed E-state index contributed by atoms with van der Waals surface area (Å²) in [6.07, 6.45) is -0.618. The van der Waals surface area contributed by atoms with Crippen LogP contribution in [0.4, 0.5) is 10.6 Å². The lowest BCUT2D eigenvalue weighted by Gasteiger charge is -2.15. The van der Waals surface area contributed by atoms with Gasteiger partial charge in [0.2, 0.25) is 5.91 Å². The Morgan fingerprint density at radius 3 is 2.67 bits per heavy atom. The number of para-hydroxylation sites is 1. The van der Waals surface area contributed by atoms with Crippen LogP contribution in [0.15, 0.2) is 40.9 Å². The number of hydrogen-bond acceptors (Lipinski definition) is 5. The summed E-state index contributed by atoms with van der Waals surface area (Å²) >= 11 is 0. The Kier molecular flexibility index (Phi) is 4.55. The van der Waals surface area contributed by atoms with E-state index in [1.54, 1.807) is 37.3 Å². The molecule has 1 N–H and O–H groups in total. The zero-order chi connectivity index (χ0) is 15.2. The molecule has 7 nitrogen and oxygen atoms in total. The number of benzene rings is 1. The molecule has 0 saturated heterocycles. The predicted molar refractivity (Wildman–Crippen MR) is 75.0 cm³/mol. The van der Waals surface area contributed by atoms with Crippen molar-refractivity contribution in [2.75, 3.05) is 18.9 Å². The number of likely N-dealkylation sites (N-methyl/N-ethyl adjacent to an activating group) is 1. The first kappa shape index (κ1) is 14.6. The summed E-state index contributed by atoms with van der Waals surface area (Å²) < 4.78 is 9.93. The van der Waals surface area contributed by atoms with Crippen LogP contribution in [0, 0.1) is 6.92 Å². The lowest BCUT2D eigenvalue weighted by atomic mass is 10.3. The number of carbonyl (C=O) groups is 2. The van der Waals surface area contributed by atoms with Gasteiger partial charge in [-0.1, -0.05) is 23.4 Å². The van der Waals surface area contributed by atoms with E-state index in [1.165, 1.54) is 7.05 Å². The molecule has 2 amide bonds. The maximum Gasteiger partial charge on any atom is 0.415 e. The molecule has 2 rings (SSSR count). The fraction of sp³-hybridized carbons (Fsp3) is 0.214. The van der Waals surface area contributed by atoms with Crippen molar-refractivity contribution in [1.29, 1.82) is 0 Å². The molecule has 0 radical (unpaired) electrons. The summed E-state index contributed by atoms with van der Waals surface area (Å²) in [5, 5.41) is 6.15. The molecule has 0 bridgehead atoms. The Bertz CT molecular complexity index is 624. The van der Waals surface area contributed by atoms with Gasteiger partial charge in [-0.15, -0.1) is 0 Å². The molecule has 1 heterocycles. The average Bonchev–Trinajstić information content (AvgIpc) is 2.84. The van der Waals surface area contributed by atoms with E-state index in [2.05, 4.69) is 10.5 Å². The molecule has 110 valence electrons. The van der Waals surface area contributed by atoms with Crippen LogP contribution in [0.3, 0.4) is 0 Å². The highest BCUT2D eigenvalue weighted by molar-refractivity contribution is 5.93. The van der Waals surface area contributed by atoms with E-state index in [0.29, 0.717) is 17.3 Å². The summed E-state index contributed by atoms with van der Waals surface area (Å²) in [6.45, 7) is 1.56. The topological polar surface area (TPSA) is 84.7 Å². The van der Waals surface area contributed by atoms with Gasteiger partial charge in [-0.3, -0.25) is 4.79 Å². The van der Waals surface area contributed by atoms with Gasteiger partial charge in [0.15, 0.2) is 5.82 Å². The summed E-state index contributed by atoms with van der Waals surface area (Å²) in [5.41, 5.74) is 0. The van der Waals surface area contributed by atoms with Gasteiger partial charge in [0.05, 0.1) is 0 Å². The molecular formula is C14H15N3O4. The van der Waals surface area contributed by atoms with Crippen molar-refractivity contribution in [3.63, 3.8) is 0 Å². The highest BCUT2D eigenvalue weighted by Crippen LogP contribution is 2.10. The third kappa shape index (κ3) is 4.34. The zero-order valence-electron chi connectivity index (χ0n) is 11.7. The van der Waals surface area contributed by atoms with Crippen molar-refractivity contribution in [2.45, 2.75) is 6.92 Å². The zero-order valence-corrected chi connectivity index (χ0v) is 11.7. The number of aromatic nitrogens is 1. The molecule has 0 saturated carbocycles. The predicted octanol–water partition coefficient (Wildman–Crippen LogP) is 2.05. The van der Waals surface area contributed by atoms with Gasteiger partial charge in [0.25, 0.3) is 0 Å². The summed E-state index contributed by atoms with van der Waals surface area (Å²) in [4.78, 5) is 24.7. The van der Waals surface area contributed by atoms with E-state index >= 15 is 0 Å². The van der Waals surface area contributed by atoms with Gasteiger partial charge in [0, 0.05) is 13.1 Å². The Hall–Kier alpha value is -2.83. The quantitative estimate of drug-likeness (QED) is 0.931. The standard InChI is InChI=1S/C14H15N3O4/c1-10-8-12(16-21-10)15-13(18)9-17(2)14(19)20-11-6-4-3-5-7-11/h3-8H,9H2,1-2H3,(H,15,16,18). The van der Waals surface area contributed by atoms with Crippen LogP contribution in [0.1, 0.15) is 5.76 Å². The number of nitrogens with zero attached hydrogens (tertiary/aromatic N) is 2. The smallest absolute Gasteiger partial charge is 0.410 e. The first-order chi connectivity index (χ1) is 10.0. The van der Waals surface area contributed by atoms with E-state index in [9.17, 15) is 9.59 Å². The number of rotatable bonds is 4. The van der Waals surface area contributed by atoms with Crippen molar-refractivity contribution in [2.24, 2.45) is 0 Å². The lowest BCUT2D eigenvalue weighted by molar-refractivity contribution is -0.116. The van der Waals surface area contributed by atoms with Gasteiger partial charge < -0.3 is 19.5 Å². The van der Waals surface area contributed by atoms with Crippen molar-refractivity contribution < 1.29 is 18.8 Å². The normalized spacial score (nSPS) is 10.0. The first-order valence-electron chi connectivity index (χ1n) is 6.26. The van der Waals surface area contributed by atoms with E-state index in [1.807, 2.05) is 6.07 Å². The number of aryl methyl sites for hydroxylation is 1. The van der Waals surface area contributed by atoms with Gasteiger partial charge in [-0.25, -0.2) is 4.79 Å². The van der Waals surface area contributed by atoms with Crippen molar-refractivity contribution in [1.82, 2.24) is 10.1 Å². The average molecular weight is 289 g/mol. The van der Waals surface area contributed by atoms with Crippen molar-refractivity contribution >= 4 is 17.8 Å². The number of amides is 2. The second-order valence-corrected chi connectivity index (χ2v) is 4.41. The molecule has 0 unspecified atom stereocenters. The molecule has 1 aromatic heterocycles. The van der Waals surface area contributed by atoms with Crippen LogP contribution < -0.4 is 10.1 Å². The van der Waals surface area contributed by atoms with E-state index in [0.717, 1.165) is 4.90 Å². The Labute approximate surface area is 121 Å². The van der Waals surface area contributed by atoms with Crippen LogP contribution in [-0.4, -0.2) is 35.6 Å². The third-order valence-corrected chi connectivity index (χ3v) is 2.54. The molecule has 1 aromatic carbocycles. The largest absolute Gasteiger partial charge is 0.415 e. The lowest BCUT2D eigenvalue weighted by Crippen LogP contribution is -2.36. The Balaban J connectivity index is 1.84. The molecule has 2 aromatic rings. The monoisotopic (exact) mass is 289 g/mol. The van der Waals surface area contributed by atoms with E-state index in [4.69, 9.17) is 9.26 Å². The Morgan fingerprint density at radius 2 is 2.05 bits per heavy atom. The summed E-state index contributed by atoms with van der Waals surface area (Å²) in [5.74, 6) is 0.919. The SMILES string of the molecule is Cc1cc(NC(=O)CN(C)C(=O)Oc2ccccc2)no1. The molecule has 21 heavy (non-hydrogen) atoms. The Morgan fingerprint density at radius 1 is 1.33 bits per heavy atom. The maximum absolute atomic E-state index is 11.8. The molecule has 0 atom stereocenters. The van der Waals surface area contributed by atoms with Gasteiger partial charge in [-0.05, 0) is 19.1 Å². The van der Waals surface area contributed by atoms with Crippen molar-refractivity contribution in [3.05, 3.63) is 42.2 Å². The number of carbonyl (C=O) groups excluding carboxylic acids is 2. The number of hydrogen-bond donors (Lipinski definition) is 1. The molecule has 0 fully saturated rings. The van der Waals surface area contributed by atoms with Gasteiger partial charge >= 0.3 is 6.09 Å². The fourth-order valence-electron chi connectivity index (χ4n) is 1.55. The van der Waals surface area contributed by atoms with Gasteiger partial charge in [0.1, 0.15) is 18.1 Å². The molecule has 7 heteroatoms. The highest BCUT2D eigenvalue weighted by atomic mass is 16.6. The second-order valence-electron chi connectivity index (χ2n) is 4.41. The van der Waals surface area contributed by atoms with Crippen molar-refractivity contribution in [3.8, 4) is 5.75 Å². The maximum atomic E-state index is 11.8. The second kappa shape index (κ2) is 6.56. The minimum Gasteiger partial charge on any atom is -0.410 e. The molecule has 0 aliphatic rings. The number of nitrogens with one attached hydrogen (secondary N) is 1. The highest BCUT2D eigenvalue weighted by Gasteiger charge is 2.15. The van der Waals surface area contributed by atoms with E-state index < -0.39 is 12.0 Å².